The number of amides is 1. The second-order valence-corrected chi connectivity index (χ2v) is 11.2. The van der Waals surface area contributed by atoms with Crippen LogP contribution >= 0.6 is 27.5 Å². The Labute approximate surface area is 239 Å². The molecule has 6 rings (SSSR count). The van der Waals surface area contributed by atoms with Crippen molar-refractivity contribution in [2.24, 2.45) is 4.99 Å². The van der Waals surface area contributed by atoms with Gasteiger partial charge in [-0.15, -0.1) is 0 Å². The number of hydrogen-bond acceptors (Lipinski definition) is 8. The Hall–Kier alpha value is -3.28. The van der Waals surface area contributed by atoms with Crippen molar-refractivity contribution >= 4 is 68.2 Å². The number of nitrogens with one attached hydrogen (secondary N) is 1. The van der Waals surface area contributed by atoms with Crippen molar-refractivity contribution in [2.75, 3.05) is 60.3 Å². The molecule has 0 unspecified atom stereocenters. The quantitative estimate of drug-likeness (QED) is 0.427. The van der Waals surface area contributed by atoms with E-state index in [2.05, 4.69) is 66.2 Å². The predicted octanol–water partition coefficient (Wildman–Crippen LogP) is 5.14. The van der Waals surface area contributed by atoms with E-state index in [-0.39, 0.29) is 16.3 Å². The van der Waals surface area contributed by atoms with Crippen molar-refractivity contribution in [2.45, 2.75) is 18.9 Å². The lowest BCUT2D eigenvalue weighted by Gasteiger charge is -2.37. The first-order chi connectivity index (χ1) is 18.8. The molecule has 1 aromatic heterocycles. The summed E-state index contributed by atoms with van der Waals surface area (Å²) >= 11 is 10.0. The minimum absolute atomic E-state index is 0.0291. The Morgan fingerprint density at radius 3 is 2.67 bits per heavy atom. The number of aromatic nitrogens is 2. The summed E-state index contributed by atoms with van der Waals surface area (Å²) in [5.41, 5.74) is 2.18. The maximum atomic E-state index is 14.8. The summed E-state index contributed by atoms with van der Waals surface area (Å²) in [6, 6.07) is 11.0. The van der Waals surface area contributed by atoms with Crippen molar-refractivity contribution in [1.29, 1.82) is 0 Å². The van der Waals surface area contributed by atoms with E-state index in [0.717, 1.165) is 41.8 Å². The zero-order chi connectivity index (χ0) is 27.3. The molecule has 0 saturated carbocycles. The first kappa shape index (κ1) is 26.0. The number of rotatable bonds is 5. The fourth-order valence-corrected chi connectivity index (χ4v) is 6.20. The van der Waals surface area contributed by atoms with Crippen LogP contribution < -0.4 is 20.0 Å². The molecule has 0 spiro atoms. The lowest BCUT2D eigenvalue weighted by molar-refractivity contribution is 0.0999. The van der Waals surface area contributed by atoms with Gasteiger partial charge in [-0.1, -0.05) is 17.7 Å². The van der Waals surface area contributed by atoms with Gasteiger partial charge in [0, 0.05) is 42.0 Å². The number of anilines is 5. The van der Waals surface area contributed by atoms with Gasteiger partial charge in [0.2, 0.25) is 11.9 Å². The van der Waals surface area contributed by atoms with Gasteiger partial charge in [0.1, 0.15) is 17.1 Å². The SMILES string of the molecule is CN(C)C1CCN(c2ccc(Nc3ncc4c(n3)N3CCN=C3N(c3c(F)cccc3Cl)C4=O)cc2Br)CC1. The summed E-state index contributed by atoms with van der Waals surface area (Å²) in [5, 5.41) is 3.37. The van der Waals surface area contributed by atoms with Gasteiger partial charge in [0.15, 0.2) is 5.82 Å². The maximum absolute atomic E-state index is 14.8. The lowest BCUT2D eigenvalue weighted by Crippen LogP contribution is -2.51. The van der Waals surface area contributed by atoms with Crippen LogP contribution in [0.1, 0.15) is 23.2 Å². The van der Waals surface area contributed by atoms with E-state index in [1.54, 1.807) is 11.0 Å². The molecule has 1 amide bonds. The van der Waals surface area contributed by atoms with Crippen LogP contribution in [0.4, 0.5) is 33.2 Å². The van der Waals surface area contributed by atoms with E-state index in [1.165, 1.54) is 23.2 Å². The minimum Gasteiger partial charge on any atom is -0.371 e. The number of fused-ring (bicyclic) bond motifs is 3. The average molecular weight is 614 g/mol. The molecule has 1 N–H and O–H groups in total. The molecule has 12 heteroatoms. The van der Waals surface area contributed by atoms with E-state index in [0.29, 0.717) is 36.9 Å². The van der Waals surface area contributed by atoms with Gasteiger partial charge in [0.25, 0.3) is 5.91 Å². The van der Waals surface area contributed by atoms with Crippen molar-refractivity contribution in [3.63, 3.8) is 0 Å². The van der Waals surface area contributed by atoms with Crippen LogP contribution in [0.2, 0.25) is 5.02 Å². The van der Waals surface area contributed by atoms with Gasteiger partial charge in [-0.2, -0.15) is 4.98 Å². The van der Waals surface area contributed by atoms with Crippen LogP contribution in [0, 0.1) is 5.82 Å². The highest BCUT2D eigenvalue weighted by atomic mass is 79.9. The molecule has 39 heavy (non-hydrogen) atoms. The molecule has 3 aliphatic rings. The molecule has 202 valence electrons. The van der Waals surface area contributed by atoms with E-state index >= 15 is 0 Å². The third-order valence-electron chi connectivity index (χ3n) is 7.38. The van der Waals surface area contributed by atoms with Crippen LogP contribution in [-0.4, -0.2) is 73.1 Å². The number of aliphatic imine (C=N–C) groups is 1. The van der Waals surface area contributed by atoms with Crippen LogP contribution in [0.5, 0.6) is 0 Å². The molecule has 0 radical (unpaired) electrons. The summed E-state index contributed by atoms with van der Waals surface area (Å²) in [6.07, 6.45) is 3.72. The monoisotopic (exact) mass is 612 g/mol. The zero-order valence-corrected chi connectivity index (χ0v) is 23.9. The van der Waals surface area contributed by atoms with Crippen LogP contribution in [0.3, 0.4) is 0 Å². The number of nitrogens with zero attached hydrogens (tertiary/aromatic N) is 7. The summed E-state index contributed by atoms with van der Waals surface area (Å²) in [6.45, 7) is 2.95. The standard InChI is InChI=1S/C27H27BrClFN8O/c1-35(2)17-8-11-36(12-9-17)22-7-6-16(14-19(22)28)33-26-32-15-18-24(34-26)37-13-10-31-27(37)38(25(18)39)23-20(29)4-3-5-21(23)30/h3-7,14-15,17H,8-13H2,1-2H3,(H,32,33,34). The number of carbonyl (C=O) groups excluding carboxylic acids is 1. The molecular formula is C27H27BrClFN8O. The van der Waals surface area contributed by atoms with Crippen molar-refractivity contribution < 1.29 is 9.18 Å². The number of guanidine groups is 1. The normalized spacial score (nSPS) is 17.4. The highest BCUT2D eigenvalue weighted by Crippen LogP contribution is 2.38. The summed E-state index contributed by atoms with van der Waals surface area (Å²) in [5.74, 6) is -0.0162. The fourth-order valence-electron chi connectivity index (χ4n) is 5.33. The van der Waals surface area contributed by atoms with Crippen LogP contribution in [0.15, 0.2) is 52.1 Å². The third kappa shape index (κ3) is 4.72. The van der Waals surface area contributed by atoms with E-state index in [4.69, 9.17) is 11.6 Å². The molecule has 0 bridgehead atoms. The number of carbonyl (C=O) groups is 1. The first-order valence-electron chi connectivity index (χ1n) is 12.8. The zero-order valence-electron chi connectivity index (χ0n) is 21.5. The van der Waals surface area contributed by atoms with Gasteiger partial charge in [-0.25, -0.2) is 14.3 Å². The number of hydrogen-bond donors (Lipinski definition) is 1. The van der Waals surface area contributed by atoms with Crippen LogP contribution in [0.25, 0.3) is 0 Å². The number of para-hydroxylation sites is 1. The molecule has 0 atom stereocenters. The Balaban J connectivity index is 1.25. The maximum Gasteiger partial charge on any atom is 0.270 e. The average Bonchev–Trinajstić information content (AvgIpc) is 3.40. The molecule has 1 fully saturated rings. The van der Waals surface area contributed by atoms with Gasteiger partial charge in [-0.05, 0) is 73.2 Å². The molecular weight excluding hydrogens is 587 g/mol. The van der Waals surface area contributed by atoms with Gasteiger partial charge in [0.05, 0.1) is 17.3 Å². The van der Waals surface area contributed by atoms with Gasteiger partial charge in [-0.3, -0.25) is 14.7 Å². The van der Waals surface area contributed by atoms with E-state index in [9.17, 15) is 9.18 Å². The third-order valence-corrected chi connectivity index (χ3v) is 8.32. The summed E-state index contributed by atoms with van der Waals surface area (Å²) < 4.78 is 15.8. The van der Waals surface area contributed by atoms with Crippen molar-refractivity contribution in [3.05, 3.63) is 63.5 Å². The fraction of sp³-hybridized carbons (Fsp3) is 0.333. The molecule has 3 aromatic rings. The Morgan fingerprint density at radius 2 is 1.95 bits per heavy atom. The first-order valence-corrected chi connectivity index (χ1v) is 13.9. The predicted molar refractivity (Wildman–Crippen MR) is 156 cm³/mol. The van der Waals surface area contributed by atoms with E-state index in [1.807, 2.05) is 12.1 Å². The Kier molecular flexibility index (Phi) is 6.90. The second-order valence-electron chi connectivity index (χ2n) is 9.95. The Bertz CT molecular complexity index is 1460. The van der Waals surface area contributed by atoms with Gasteiger partial charge >= 0.3 is 0 Å². The van der Waals surface area contributed by atoms with Crippen molar-refractivity contribution in [1.82, 2.24) is 14.9 Å². The summed E-state index contributed by atoms with van der Waals surface area (Å²) in [4.78, 5) is 34.7. The Morgan fingerprint density at radius 1 is 1.15 bits per heavy atom. The summed E-state index contributed by atoms with van der Waals surface area (Å²) in [7, 11) is 4.28. The van der Waals surface area contributed by atoms with Crippen molar-refractivity contribution in [3.8, 4) is 0 Å². The number of piperidine rings is 1. The number of halogens is 3. The largest absolute Gasteiger partial charge is 0.371 e. The number of benzene rings is 2. The lowest BCUT2D eigenvalue weighted by atomic mass is 10.0. The van der Waals surface area contributed by atoms with E-state index < -0.39 is 11.7 Å². The highest BCUT2D eigenvalue weighted by molar-refractivity contribution is 9.10. The topological polar surface area (TPSA) is 80.2 Å². The second kappa shape index (κ2) is 10.4. The minimum atomic E-state index is -0.607. The molecule has 0 aliphatic carbocycles. The molecule has 2 aromatic carbocycles. The molecule has 9 nitrogen and oxygen atoms in total. The smallest absolute Gasteiger partial charge is 0.270 e. The molecule has 3 aliphatic heterocycles. The molecule has 4 heterocycles. The highest BCUT2D eigenvalue weighted by Gasteiger charge is 2.41. The van der Waals surface area contributed by atoms with Gasteiger partial charge < -0.3 is 15.1 Å². The van der Waals surface area contributed by atoms with Crippen LogP contribution in [-0.2, 0) is 0 Å². The molecule has 1 saturated heterocycles.